The molecule has 1 atom stereocenters. The third-order valence-corrected chi connectivity index (χ3v) is 2.66. The largest absolute Gasteiger partial charge is 0.311 e. The van der Waals surface area contributed by atoms with Gasteiger partial charge in [-0.2, -0.15) is 0 Å². The monoisotopic (exact) mass is 234 g/mol. The van der Waals surface area contributed by atoms with Crippen molar-refractivity contribution in [3.8, 4) is 0 Å². The minimum Gasteiger partial charge on any atom is -0.311 e. The van der Waals surface area contributed by atoms with Gasteiger partial charge in [0.05, 0.1) is 23.8 Å². The molecule has 2 rings (SSSR count). The molecule has 0 amide bonds. The summed E-state index contributed by atoms with van der Waals surface area (Å²) in [5.74, 6) is -0.224. The van der Waals surface area contributed by atoms with Gasteiger partial charge in [-0.15, -0.1) is 0 Å². The first kappa shape index (κ1) is 11.9. The van der Waals surface area contributed by atoms with E-state index in [2.05, 4.69) is 15.3 Å². The van der Waals surface area contributed by atoms with Gasteiger partial charge in [0.25, 0.3) is 0 Å². The van der Waals surface area contributed by atoms with Crippen LogP contribution in [0.1, 0.15) is 12.5 Å². The molecule has 1 aliphatic heterocycles. The minimum absolute atomic E-state index is 0.224. The van der Waals surface area contributed by atoms with Gasteiger partial charge in [-0.05, 0) is 37.6 Å². The lowest BCUT2D eigenvalue weighted by molar-refractivity contribution is 0.618. The molecule has 0 bridgehead atoms. The van der Waals surface area contributed by atoms with Gasteiger partial charge in [0.15, 0.2) is 0 Å². The number of nitrogens with two attached hydrogens (primary N) is 1. The van der Waals surface area contributed by atoms with Crippen LogP contribution in [0.5, 0.6) is 0 Å². The normalized spacial score (nSPS) is 20.6. The summed E-state index contributed by atoms with van der Waals surface area (Å²) in [5, 5.41) is 2.99. The fourth-order valence-corrected chi connectivity index (χ4v) is 1.71. The van der Waals surface area contributed by atoms with E-state index in [1.165, 1.54) is 6.07 Å². The molecule has 1 heterocycles. The van der Waals surface area contributed by atoms with E-state index in [0.29, 0.717) is 17.9 Å². The van der Waals surface area contributed by atoms with Crippen LogP contribution >= 0.6 is 0 Å². The van der Waals surface area contributed by atoms with Crippen molar-refractivity contribution in [2.75, 3.05) is 6.67 Å². The van der Waals surface area contributed by atoms with Crippen molar-refractivity contribution in [2.24, 2.45) is 15.7 Å². The molecule has 0 radical (unpaired) electrons. The Kier molecular flexibility index (Phi) is 3.31. The van der Waals surface area contributed by atoms with E-state index in [9.17, 15) is 4.39 Å². The van der Waals surface area contributed by atoms with Gasteiger partial charge in [0.1, 0.15) is 12.0 Å². The average Bonchev–Trinajstić information content (AvgIpc) is 2.70. The highest BCUT2D eigenvalue weighted by atomic mass is 19.1. The third kappa shape index (κ3) is 2.57. The van der Waals surface area contributed by atoms with E-state index in [0.717, 1.165) is 11.4 Å². The first-order valence-electron chi connectivity index (χ1n) is 5.43. The zero-order valence-electron chi connectivity index (χ0n) is 9.87. The third-order valence-electron chi connectivity index (χ3n) is 2.66. The van der Waals surface area contributed by atoms with Crippen molar-refractivity contribution >= 4 is 17.1 Å². The smallest absolute Gasteiger partial charge is 0.126 e. The molecule has 17 heavy (non-hydrogen) atoms. The van der Waals surface area contributed by atoms with Crippen LogP contribution < -0.4 is 11.1 Å². The number of hydrogen-bond donors (Lipinski definition) is 2. The maximum Gasteiger partial charge on any atom is 0.126 e. The van der Waals surface area contributed by atoms with Gasteiger partial charge >= 0.3 is 0 Å². The van der Waals surface area contributed by atoms with Crippen molar-refractivity contribution in [3.05, 3.63) is 29.6 Å². The van der Waals surface area contributed by atoms with Gasteiger partial charge in [0, 0.05) is 0 Å². The van der Waals surface area contributed by atoms with Crippen molar-refractivity contribution < 1.29 is 4.39 Å². The zero-order chi connectivity index (χ0) is 12.4. The Bertz CT molecular complexity index is 493. The van der Waals surface area contributed by atoms with E-state index >= 15 is 0 Å². The molecule has 0 saturated heterocycles. The number of hydrogen-bond acceptors (Lipinski definition) is 4. The number of aliphatic imine (C=N–C) groups is 2. The Balaban J connectivity index is 2.26. The Labute approximate surface area is 99.5 Å². The van der Waals surface area contributed by atoms with Crippen LogP contribution in [0.25, 0.3) is 0 Å². The number of benzene rings is 1. The van der Waals surface area contributed by atoms with Crippen molar-refractivity contribution in [1.82, 2.24) is 5.32 Å². The Hall–Kier alpha value is -1.59. The predicted octanol–water partition coefficient (Wildman–Crippen LogP) is 1.51. The Morgan fingerprint density at radius 3 is 2.94 bits per heavy atom. The number of nitrogens with zero attached hydrogens (tertiary/aromatic N) is 2. The van der Waals surface area contributed by atoms with Crippen LogP contribution in [0.4, 0.5) is 10.1 Å². The van der Waals surface area contributed by atoms with E-state index in [4.69, 9.17) is 5.73 Å². The zero-order valence-corrected chi connectivity index (χ0v) is 9.87. The standard InChI is InChI=1S/C12H15FN4/c1-7-5-9(3-4-10(7)13)17-8(2)11-12(14)16-6-15-11/h3-5,12,16H,6,14H2,1-2H3. The second-order valence-corrected chi connectivity index (χ2v) is 4.01. The van der Waals surface area contributed by atoms with Crippen molar-refractivity contribution in [1.29, 1.82) is 0 Å². The molecule has 4 nitrogen and oxygen atoms in total. The number of nitrogens with one attached hydrogen (secondary N) is 1. The quantitative estimate of drug-likeness (QED) is 0.762. The van der Waals surface area contributed by atoms with Crippen molar-refractivity contribution in [3.63, 3.8) is 0 Å². The van der Waals surface area contributed by atoms with Gasteiger partial charge in [0.2, 0.25) is 0 Å². The molecule has 0 aliphatic carbocycles. The van der Waals surface area contributed by atoms with Crippen LogP contribution in [0, 0.1) is 12.7 Å². The number of rotatable bonds is 2. The molecule has 3 N–H and O–H groups in total. The summed E-state index contributed by atoms with van der Waals surface area (Å²) in [4.78, 5) is 8.62. The summed E-state index contributed by atoms with van der Waals surface area (Å²) in [6.45, 7) is 4.08. The predicted molar refractivity (Wildman–Crippen MR) is 67.3 cm³/mol. The van der Waals surface area contributed by atoms with Crippen LogP contribution in [0.3, 0.4) is 0 Å². The summed E-state index contributed by atoms with van der Waals surface area (Å²) in [5.41, 5.74) is 8.61. The summed E-state index contributed by atoms with van der Waals surface area (Å²) < 4.78 is 13.1. The summed E-state index contributed by atoms with van der Waals surface area (Å²) in [6.07, 6.45) is -0.264. The highest BCUT2D eigenvalue weighted by Gasteiger charge is 2.18. The van der Waals surface area contributed by atoms with Gasteiger partial charge < -0.3 is 5.73 Å². The lowest BCUT2D eigenvalue weighted by atomic mass is 10.2. The maximum absolute atomic E-state index is 13.1. The van der Waals surface area contributed by atoms with E-state index < -0.39 is 0 Å². The molecule has 0 fully saturated rings. The lowest BCUT2D eigenvalue weighted by Crippen LogP contribution is -2.41. The van der Waals surface area contributed by atoms with Crippen LogP contribution in [-0.2, 0) is 0 Å². The van der Waals surface area contributed by atoms with Gasteiger partial charge in [-0.25, -0.2) is 4.39 Å². The molecule has 5 heteroatoms. The van der Waals surface area contributed by atoms with Gasteiger partial charge in [-0.3, -0.25) is 15.3 Å². The molecule has 1 aromatic rings. The topological polar surface area (TPSA) is 62.8 Å². The maximum atomic E-state index is 13.1. The van der Waals surface area contributed by atoms with Gasteiger partial charge in [-0.1, -0.05) is 0 Å². The number of halogens is 1. The molecule has 1 unspecified atom stereocenters. The molecule has 0 spiro atoms. The van der Waals surface area contributed by atoms with Crippen molar-refractivity contribution in [2.45, 2.75) is 20.0 Å². The molecule has 1 aliphatic rings. The molecule has 0 aromatic heterocycles. The van der Waals surface area contributed by atoms with E-state index in [-0.39, 0.29) is 12.0 Å². The minimum atomic E-state index is -0.264. The molecule has 90 valence electrons. The van der Waals surface area contributed by atoms with E-state index in [1.807, 2.05) is 6.92 Å². The summed E-state index contributed by atoms with van der Waals surface area (Å²) in [6, 6.07) is 4.75. The fraction of sp³-hybridized carbons (Fsp3) is 0.333. The molecular weight excluding hydrogens is 219 g/mol. The fourth-order valence-electron chi connectivity index (χ4n) is 1.71. The second kappa shape index (κ2) is 4.73. The SMILES string of the molecule is CC(=Nc1ccc(F)c(C)c1)C1=NCNC1N. The van der Waals surface area contributed by atoms with Crippen LogP contribution in [-0.4, -0.2) is 24.3 Å². The highest BCUT2D eigenvalue weighted by Crippen LogP contribution is 2.17. The average molecular weight is 234 g/mol. The first-order valence-corrected chi connectivity index (χ1v) is 5.43. The Morgan fingerprint density at radius 1 is 1.59 bits per heavy atom. The molecular formula is C12H15FN4. The number of aryl methyl sites for hydroxylation is 1. The molecule has 1 aromatic carbocycles. The Morgan fingerprint density at radius 2 is 2.35 bits per heavy atom. The summed E-state index contributed by atoms with van der Waals surface area (Å²) in [7, 11) is 0. The highest BCUT2D eigenvalue weighted by molar-refractivity contribution is 6.44. The first-order chi connectivity index (χ1) is 8.08. The molecule has 0 saturated carbocycles. The van der Waals surface area contributed by atoms with E-state index in [1.54, 1.807) is 19.1 Å². The van der Waals surface area contributed by atoms with Crippen LogP contribution in [0.15, 0.2) is 28.2 Å². The van der Waals surface area contributed by atoms with Crippen LogP contribution in [0.2, 0.25) is 0 Å². The second-order valence-electron chi connectivity index (χ2n) is 4.01. The summed E-state index contributed by atoms with van der Waals surface area (Å²) >= 11 is 0. The lowest BCUT2D eigenvalue weighted by Gasteiger charge is -2.07.